The van der Waals surface area contributed by atoms with Crippen molar-refractivity contribution < 1.29 is 9.53 Å². The van der Waals surface area contributed by atoms with Gasteiger partial charge in [-0.05, 0) is 43.3 Å². The van der Waals surface area contributed by atoms with Crippen molar-refractivity contribution in [3.05, 3.63) is 47.7 Å². The van der Waals surface area contributed by atoms with Crippen LogP contribution in [0.1, 0.15) is 16.1 Å². The number of esters is 1. The zero-order chi connectivity index (χ0) is 13.8. The lowest BCUT2D eigenvalue weighted by Crippen LogP contribution is -2.01. The average Bonchev–Trinajstić information content (AvgIpc) is 2.43. The molecule has 0 bridgehead atoms. The molecule has 98 valence electrons. The molecule has 0 aliphatic heterocycles. The maximum absolute atomic E-state index is 11.3. The number of aryl methyl sites for hydroxylation is 1. The lowest BCUT2D eigenvalue weighted by molar-refractivity contribution is 0.0601. The Morgan fingerprint density at radius 1 is 1.21 bits per heavy atom. The summed E-state index contributed by atoms with van der Waals surface area (Å²) in [6.07, 6.45) is 0. The van der Waals surface area contributed by atoms with Crippen molar-refractivity contribution in [2.45, 2.75) is 6.92 Å². The molecule has 5 heteroatoms. The van der Waals surface area contributed by atoms with Gasteiger partial charge in [-0.25, -0.2) is 9.78 Å². The average molecular weight is 257 g/mol. The molecule has 0 atom stereocenters. The third kappa shape index (κ3) is 3.01. The van der Waals surface area contributed by atoms with Crippen LogP contribution >= 0.6 is 0 Å². The molecule has 2 rings (SSSR count). The second-order valence-corrected chi connectivity index (χ2v) is 4.07. The van der Waals surface area contributed by atoms with Crippen molar-refractivity contribution in [3.63, 3.8) is 0 Å². The Bertz CT molecular complexity index is 594. The number of nitrogens with two attached hydrogens (primary N) is 1. The third-order valence-electron chi connectivity index (χ3n) is 2.71. The summed E-state index contributed by atoms with van der Waals surface area (Å²) in [6, 6.07) is 10.6. The predicted molar refractivity (Wildman–Crippen MR) is 74.5 cm³/mol. The summed E-state index contributed by atoms with van der Waals surface area (Å²) in [7, 11) is 1.36. The van der Waals surface area contributed by atoms with Crippen molar-refractivity contribution in [2.75, 3.05) is 18.2 Å². The van der Waals surface area contributed by atoms with Crippen LogP contribution in [0.4, 0.5) is 17.2 Å². The van der Waals surface area contributed by atoms with Gasteiger partial charge in [0.2, 0.25) is 0 Å². The summed E-state index contributed by atoms with van der Waals surface area (Å²) in [5.74, 6) is 0.352. The van der Waals surface area contributed by atoms with Gasteiger partial charge >= 0.3 is 5.97 Å². The zero-order valence-electron chi connectivity index (χ0n) is 10.8. The number of hydrogen-bond acceptors (Lipinski definition) is 5. The number of aromatic nitrogens is 1. The molecule has 0 saturated carbocycles. The van der Waals surface area contributed by atoms with Crippen molar-refractivity contribution >= 4 is 23.2 Å². The Morgan fingerprint density at radius 3 is 2.47 bits per heavy atom. The molecule has 0 aliphatic carbocycles. The first-order valence-corrected chi connectivity index (χ1v) is 5.78. The summed E-state index contributed by atoms with van der Waals surface area (Å²) in [6.45, 7) is 1.85. The number of hydrogen-bond donors (Lipinski definition) is 2. The summed E-state index contributed by atoms with van der Waals surface area (Å²) in [4.78, 5) is 15.6. The second kappa shape index (κ2) is 5.39. The molecule has 0 amide bonds. The molecule has 1 heterocycles. The van der Waals surface area contributed by atoms with Crippen LogP contribution in [-0.4, -0.2) is 18.1 Å². The van der Waals surface area contributed by atoms with Gasteiger partial charge in [0.1, 0.15) is 5.82 Å². The number of ether oxygens (including phenoxy) is 1. The Kier molecular flexibility index (Phi) is 3.66. The van der Waals surface area contributed by atoms with Gasteiger partial charge in [-0.2, -0.15) is 0 Å². The number of pyridine rings is 1. The number of nitrogens with zero attached hydrogens (tertiary/aromatic N) is 1. The van der Waals surface area contributed by atoms with Crippen molar-refractivity contribution in [1.29, 1.82) is 0 Å². The van der Waals surface area contributed by atoms with E-state index in [0.29, 0.717) is 17.1 Å². The van der Waals surface area contributed by atoms with Crippen LogP contribution < -0.4 is 11.1 Å². The fourth-order valence-corrected chi connectivity index (χ4v) is 1.60. The summed E-state index contributed by atoms with van der Waals surface area (Å²) in [5.41, 5.74) is 8.49. The van der Waals surface area contributed by atoms with Crippen molar-refractivity contribution in [2.24, 2.45) is 0 Å². The van der Waals surface area contributed by atoms with Crippen LogP contribution in [0.3, 0.4) is 0 Å². The van der Waals surface area contributed by atoms with Crippen LogP contribution in [0, 0.1) is 6.92 Å². The zero-order valence-corrected chi connectivity index (χ0v) is 10.8. The minimum Gasteiger partial charge on any atom is -0.465 e. The summed E-state index contributed by atoms with van der Waals surface area (Å²) >= 11 is 0. The number of benzene rings is 1. The van der Waals surface area contributed by atoms with Crippen LogP contribution in [0.2, 0.25) is 0 Å². The van der Waals surface area contributed by atoms with Gasteiger partial charge in [0, 0.05) is 5.69 Å². The quantitative estimate of drug-likeness (QED) is 0.826. The van der Waals surface area contributed by atoms with Crippen LogP contribution in [0.5, 0.6) is 0 Å². The standard InChI is InChI=1S/C14H15N3O2/c1-9-12(15)7-8-13(16-9)17-11-5-3-10(4-6-11)14(18)19-2/h3-8H,15H2,1-2H3,(H,16,17). The summed E-state index contributed by atoms with van der Waals surface area (Å²) < 4.78 is 4.64. The van der Waals surface area contributed by atoms with Gasteiger partial charge in [0.25, 0.3) is 0 Å². The highest BCUT2D eigenvalue weighted by Crippen LogP contribution is 2.18. The van der Waals surface area contributed by atoms with E-state index in [1.165, 1.54) is 7.11 Å². The molecule has 0 unspecified atom stereocenters. The Labute approximate surface area is 111 Å². The number of carbonyl (C=O) groups is 1. The first kappa shape index (κ1) is 12.9. The fraction of sp³-hybridized carbons (Fsp3) is 0.143. The van der Waals surface area contributed by atoms with Crippen LogP contribution in [-0.2, 0) is 4.74 Å². The van der Waals surface area contributed by atoms with Gasteiger partial charge in [-0.1, -0.05) is 0 Å². The van der Waals surface area contributed by atoms with E-state index in [0.717, 1.165) is 11.4 Å². The Morgan fingerprint density at radius 2 is 1.89 bits per heavy atom. The molecule has 1 aromatic carbocycles. The normalized spacial score (nSPS) is 10.0. The van der Waals surface area contributed by atoms with Crippen LogP contribution in [0.15, 0.2) is 36.4 Å². The van der Waals surface area contributed by atoms with Gasteiger partial charge < -0.3 is 15.8 Å². The van der Waals surface area contributed by atoms with E-state index < -0.39 is 0 Å². The van der Waals surface area contributed by atoms with Gasteiger partial charge in [0.05, 0.1) is 24.1 Å². The SMILES string of the molecule is COC(=O)c1ccc(Nc2ccc(N)c(C)n2)cc1. The number of anilines is 3. The minimum atomic E-state index is -0.354. The van der Waals surface area contributed by atoms with E-state index in [1.807, 2.05) is 6.92 Å². The number of nitrogen functional groups attached to an aromatic ring is 1. The summed E-state index contributed by atoms with van der Waals surface area (Å²) in [5, 5.41) is 3.14. The molecule has 3 N–H and O–H groups in total. The maximum atomic E-state index is 11.3. The number of carbonyl (C=O) groups excluding carboxylic acids is 1. The van der Waals surface area contributed by atoms with E-state index in [9.17, 15) is 4.79 Å². The molecule has 0 radical (unpaired) electrons. The topological polar surface area (TPSA) is 77.2 Å². The molecule has 0 fully saturated rings. The fourth-order valence-electron chi connectivity index (χ4n) is 1.60. The number of methoxy groups -OCH3 is 1. The van der Waals surface area contributed by atoms with E-state index >= 15 is 0 Å². The number of rotatable bonds is 3. The van der Waals surface area contributed by atoms with Crippen LogP contribution in [0.25, 0.3) is 0 Å². The Balaban J connectivity index is 2.15. The number of nitrogens with one attached hydrogen (secondary N) is 1. The first-order chi connectivity index (χ1) is 9.10. The second-order valence-electron chi connectivity index (χ2n) is 4.07. The highest BCUT2D eigenvalue weighted by atomic mass is 16.5. The lowest BCUT2D eigenvalue weighted by Gasteiger charge is -2.08. The van der Waals surface area contributed by atoms with Crippen molar-refractivity contribution in [3.8, 4) is 0 Å². The van der Waals surface area contributed by atoms with Gasteiger partial charge in [-0.15, -0.1) is 0 Å². The smallest absolute Gasteiger partial charge is 0.337 e. The van der Waals surface area contributed by atoms with E-state index in [-0.39, 0.29) is 5.97 Å². The first-order valence-electron chi connectivity index (χ1n) is 5.78. The molecular weight excluding hydrogens is 242 g/mol. The molecule has 2 aromatic rings. The minimum absolute atomic E-state index is 0.354. The molecule has 5 nitrogen and oxygen atoms in total. The van der Waals surface area contributed by atoms with E-state index in [1.54, 1.807) is 36.4 Å². The third-order valence-corrected chi connectivity index (χ3v) is 2.71. The predicted octanol–water partition coefficient (Wildman–Crippen LogP) is 2.50. The van der Waals surface area contributed by atoms with Crippen molar-refractivity contribution in [1.82, 2.24) is 4.98 Å². The molecular formula is C14H15N3O2. The van der Waals surface area contributed by atoms with Gasteiger partial charge in [0.15, 0.2) is 0 Å². The van der Waals surface area contributed by atoms with E-state index in [4.69, 9.17) is 5.73 Å². The molecule has 19 heavy (non-hydrogen) atoms. The van der Waals surface area contributed by atoms with E-state index in [2.05, 4.69) is 15.0 Å². The van der Waals surface area contributed by atoms with Gasteiger partial charge in [-0.3, -0.25) is 0 Å². The monoisotopic (exact) mass is 257 g/mol. The maximum Gasteiger partial charge on any atom is 0.337 e. The molecule has 0 saturated heterocycles. The Hall–Kier alpha value is -2.56. The molecule has 0 spiro atoms. The highest BCUT2D eigenvalue weighted by Gasteiger charge is 2.05. The molecule has 0 aliphatic rings. The lowest BCUT2D eigenvalue weighted by atomic mass is 10.2. The molecule has 1 aromatic heterocycles. The largest absolute Gasteiger partial charge is 0.465 e. The highest BCUT2D eigenvalue weighted by molar-refractivity contribution is 5.89.